The lowest BCUT2D eigenvalue weighted by atomic mass is 9.50. The Morgan fingerprint density at radius 2 is 2.13 bits per heavy atom. The number of carbonyl (C=O) groups is 1. The van der Waals surface area contributed by atoms with Crippen LogP contribution in [0.5, 0.6) is 5.75 Å². The van der Waals surface area contributed by atoms with E-state index in [4.69, 9.17) is 14.2 Å². The molecular weight excluding hydrogens is 460 g/mol. The molecule has 0 radical (unpaired) electrons. The summed E-state index contributed by atoms with van der Waals surface area (Å²) < 4.78 is 21.4. The highest BCUT2D eigenvalue weighted by molar-refractivity contribution is 9.10. The van der Waals surface area contributed by atoms with Gasteiger partial charge in [-0.3, -0.25) is 4.68 Å². The van der Waals surface area contributed by atoms with Gasteiger partial charge in [0.1, 0.15) is 18.0 Å². The van der Waals surface area contributed by atoms with Crippen LogP contribution in [0.3, 0.4) is 0 Å². The summed E-state index contributed by atoms with van der Waals surface area (Å²) in [5.41, 5.74) is 0.912. The highest BCUT2D eigenvalue weighted by atomic mass is 79.9. The third-order valence-electron chi connectivity index (χ3n) is 7.98. The van der Waals surface area contributed by atoms with Gasteiger partial charge in [0, 0.05) is 29.6 Å². The van der Waals surface area contributed by atoms with Gasteiger partial charge in [-0.1, -0.05) is 32.0 Å². The lowest BCUT2D eigenvalue weighted by Gasteiger charge is -2.63. The predicted octanol–water partition coefficient (Wildman–Crippen LogP) is 5.02. The first-order valence-corrected chi connectivity index (χ1v) is 11.9. The van der Waals surface area contributed by atoms with Crippen molar-refractivity contribution in [2.75, 3.05) is 13.2 Å². The van der Waals surface area contributed by atoms with Gasteiger partial charge >= 0.3 is 5.97 Å². The minimum Gasteiger partial charge on any atom is -0.487 e. The van der Waals surface area contributed by atoms with Crippen molar-refractivity contribution in [1.29, 1.82) is 0 Å². The second-order valence-electron chi connectivity index (χ2n) is 9.59. The number of nitrogens with zero attached hydrogens (tertiary/aromatic N) is 2. The summed E-state index contributed by atoms with van der Waals surface area (Å²) in [6.07, 6.45) is 2.72. The molecule has 0 spiro atoms. The molecule has 7 heteroatoms. The van der Waals surface area contributed by atoms with Crippen LogP contribution in [-0.4, -0.2) is 34.6 Å². The fraction of sp³-hybridized carbons (Fsp3) is 0.583. The molecule has 6 nitrogen and oxygen atoms in total. The van der Waals surface area contributed by atoms with Gasteiger partial charge in [-0.25, -0.2) is 4.79 Å². The highest BCUT2D eigenvalue weighted by Gasteiger charge is 2.64. The fourth-order valence-electron chi connectivity index (χ4n) is 6.22. The zero-order valence-corrected chi connectivity index (χ0v) is 20.0. The molecule has 31 heavy (non-hydrogen) atoms. The molecule has 1 aromatic carbocycles. The summed E-state index contributed by atoms with van der Waals surface area (Å²) in [6, 6.07) is 8.21. The Hall–Kier alpha value is -1.86. The number of halogens is 1. The molecule has 0 amide bonds. The summed E-state index contributed by atoms with van der Waals surface area (Å²) in [4.78, 5) is 12.8. The Labute approximate surface area is 191 Å². The van der Waals surface area contributed by atoms with E-state index in [9.17, 15) is 4.79 Å². The standard InChI is InChI=1S/C24H29BrN2O4/c1-5-27-11-17(25)20(26-27)22(28)30-13-24-12-29-21-16-8-6-7-9-18(16)31-23(4,10-14(24)2)19(21)15(24)3/h6-9,11,14-15,19,21H,5,10,12-13H2,1-4H3. The Kier molecular flexibility index (Phi) is 4.97. The summed E-state index contributed by atoms with van der Waals surface area (Å²) in [7, 11) is 0. The first-order valence-electron chi connectivity index (χ1n) is 11.1. The van der Waals surface area contributed by atoms with E-state index < -0.39 is 5.97 Å². The molecule has 2 fully saturated rings. The minimum absolute atomic E-state index is 0.00988. The summed E-state index contributed by atoms with van der Waals surface area (Å²) in [5.74, 6) is 1.30. The third-order valence-corrected chi connectivity index (χ3v) is 8.56. The number of hydrogen-bond donors (Lipinski definition) is 0. The lowest BCUT2D eigenvalue weighted by molar-refractivity contribution is -0.259. The van der Waals surface area contributed by atoms with Gasteiger partial charge in [-0.2, -0.15) is 5.10 Å². The van der Waals surface area contributed by atoms with Crippen molar-refractivity contribution in [2.24, 2.45) is 23.2 Å². The number of aromatic nitrogens is 2. The Bertz CT molecular complexity index is 1020. The monoisotopic (exact) mass is 488 g/mol. The molecule has 3 heterocycles. The third kappa shape index (κ3) is 3.07. The van der Waals surface area contributed by atoms with Crippen LogP contribution < -0.4 is 4.74 Å². The van der Waals surface area contributed by atoms with Crippen molar-refractivity contribution in [3.8, 4) is 5.75 Å². The molecule has 5 rings (SSSR count). The van der Waals surface area contributed by atoms with Crippen LogP contribution in [0.1, 0.15) is 56.3 Å². The van der Waals surface area contributed by atoms with Crippen LogP contribution in [0, 0.1) is 23.2 Å². The number of para-hydroxylation sites is 1. The van der Waals surface area contributed by atoms with E-state index in [-0.39, 0.29) is 34.9 Å². The summed E-state index contributed by atoms with van der Waals surface area (Å²) >= 11 is 3.43. The van der Waals surface area contributed by atoms with E-state index >= 15 is 0 Å². The number of carbonyl (C=O) groups excluding carboxylic acids is 1. The molecule has 1 aromatic heterocycles. The van der Waals surface area contributed by atoms with Gasteiger partial charge in [-0.05, 0) is 54.1 Å². The molecular formula is C24H29BrN2O4. The van der Waals surface area contributed by atoms with Gasteiger partial charge in [0.05, 0.1) is 17.2 Å². The minimum atomic E-state index is -0.395. The van der Waals surface area contributed by atoms with Crippen LogP contribution in [0.4, 0.5) is 0 Å². The van der Waals surface area contributed by atoms with Gasteiger partial charge in [0.15, 0.2) is 5.69 Å². The second kappa shape index (κ2) is 7.34. The smallest absolute Gasteiger partial charge is 0.360 e. The fourth-order valence-corrected chi connectivity index (χ4v) is 6.70. The molecule has 6 unspecified atom stereocenters. The largest absolute Gasteiger partial charge is 0.487 e. The van der Waals surface area contributed by atoms with Crippen molar-refractivity contribution >= 4 is 21.9 Å². The molecule has 1 aliphatic carbocycles. The van der Waals surface area contributed by atoms with Crippen molar-refractivity contribution < 1.29 is 19.0 Å². The maximum absolute atomic E-state index is 12.8. The van der Waals surface area contributed by atoms with Gasteiger partial charge < -0.3 is 14.2 Å². The van der Waals surface area contributed by atoms with Gasteiger partial charge in [-0.15, -0.1) is 0 Å². The van der Waals surface area contributed by atoms with Crippen LogP contribution in [0.15, 0.2) is 34.9 Å². The van der Waals surface area contributed by atoms with E-state index in [0.717, 1.165) is 17.7 Å². The quantitative estimate of drug-likeness (QED) is 0.565. The molecule has 2 bridgehead atoms. The number of ether oxygens (including phenoxy) is 3. The molecule has 6 atom stereocenters. The molecule has 1 saturated heterocycles. The topological polar surface area (TPSA) is 62.6 Å². The predicted molar refractivity (Wildman–Crippen MR) is 119 cm³/mol. The van der Waals surface area contributed by atoms with Crippen molar-refractivity contribution in [3.63, 3.8) is 0 Å². The summed E-state index contributed by atoms with van der Waals surface area (Å²) in [6.45, 7) is 10.3. The maximum Gasteiger partial charge on any atom is 0.360 e. The van der Waals surface area contributed by atoms with E-state index in [2.05, 4.69) is 47.9 Å². The second-order valence-corrected chi connectivity index (χ2v) is 10.4. The van der Waals surface area contributed by atoms with E-state index in [1.165, 1.54) is 0 Å². The average molecular weight is 489 g/mol. The number of esters is 1. The first-order chi connectivity index (χ1) is 14.8. The van der Waals surface area contributed by atoms with Crippen LogP contribution in [-0.2, 0) is 16.0 Å². The van der Waals surface area contributed by atoms with E-state index in [1.807, 2.05) is 25.1 Å². The zero-order valence-electron chi connectivity index (χ0n) is 18.4. The van der Waals surface area contributed by atoms with Crippen molar-refractivity contribution in [3.05, 3.63) is 46.2 Å². The van der Waals surface area contributed by atoms with Crippen LogP contribution in [0.25, 0.3) is 0 Å². The molecule has 1 saturated carbocycles. The van der Waals surface area contributed by atoms with Gasteiger partial charge in [0.25, 0.3) is 0 Å². The average Bonchev–Trinajstić information content (AvgIpc) is 3.12. The zero-order chi connectivity index (χ0) is 22.0. The molecule has 3 aliphatic rings. The SMILES string of the molecule is CCn1cc(Br)c(C(=O)OCC23COC4c5ccccc5OC(C)(CC2C)C4C3C)n1. The molecule has 2 aromatic rings. The number of rotatable bonds is 4. The van der Waals surface area contributed by atoms with E-state index in [1.54, 1.807) is 10.9 Å². The Morgan fingerprint density at radius 3 is 2.87 bits per heavy atom. The molecule has 166 valence electrons. The molecule has 2 aliphatic heterocycles. The van der Waals surface area contributed by atoms with E-state index in [0.29, 0.717) is 29.9 Å². The van der Waals surface area contributed by atoms with Crippen molar-refractivity contribution in [2.45, 2.75) is 52.4 Å². The highest BCUT2D eigenvalue weighted by Crippen LogP contribution is 2.63. The van der Waals surface area contributed by atoms with Crippen LogP contribution >= 0.6 is 15.9 Å². The Balaban J connectivity index is 1.42. The van der Waals surface area contributed by atoms with Crippen molar-refractivity contribution in [1.82, 2.24) is 9.78 Å². The number of benzene rings is 1. The van der Waals surface area contributed by atoms with Crippen LogP contribution in [0.2, 0.25) is 0 Å². The molecule has 0 N–H and O–H groups in total. The first kappa shape index (κ1) is 21.0. The summed E-state index contributed by atoms with van der Waals surface area (Å²) in [5, 5.41) is 4.33. The van der Waals surface area contributed by atoms with Gasteiger partial charge in [0.2, 0.25) is 0 Å². The lowest BCUT2D eigenvalue weighted by Crippen LogP contribution is -2.66. The number of aryl methyl sites for hydroxylation is 1. The normalized spacial score (nSPS) is 35.8. The Morgan fingerprint density at radius 1 is 1.35 bits per heavy atom. The maximum atomic E-state index is 12.8. The number of fused-ring (bicyclic) bond motifs is 3. The number of hydrogen-bond acceptors (Lipinski definition) is 5.